The van der Waals surface area contributed by atoms with Gasteiger partial charge in [-0.25, -0.2) is 4.98 Å². The molecule has 286 valence electrons. The molecule has 0 fully saturated rings. The summed E-state index contributed by atoms with van der Waals surface area (Å²) in [5.74, 6) is 2.50. The van der Waals surface area contributed by atoms with Crippen molar-refractivity contribution in [1.82, 2.24) is 9.55 Å². The van der Waals surface area contributed by atoms with Gasteiger partial charge in [0.05, 0.1) is 17.7 Å². The summed E-state index contributed by atoms with van der Waals surface area (Å²) in [7, 11) is 0. The minimum absolute atomic E-state index is 0.000568. The normalized spacial score (nSPS) is 14.5. The Morgan fingerprint density at radius 1 is 0.491 bits per heavy atom. The topological polar surface area (TPSA) is 33.5 Å². The van der Waals surface area contributed by atoms with Gasteiger partial charge >= 0.3 is 0 Å². The number of fused-ring (bicyclic) bond motifs is 3. The third-order valence-electron chi connectivity index (χ3n) is 11.4. The van der Waals surface area contributed by atoms with Crippen LogP contribution in [0.3, 0.4) is 0 Å². The van der Waals surface area contributed by atoms with Gasteiger partial charge in [-0.3, -0.25) is 4.57 Å². The van der Waals surface area contributed by atoms with E-state index in [-0.39, 0.29) is 21.7 Å². The maximum atomic E-state index is 6.72. The number of allylic oxidation sites excluding steroid dienone is 2. The number of benzene rings is 4. The van der Waals surface area contributed by atoms with E-state index < -0.39 is 0 Å². The molecule has 3 heterocycles. The molecule has 4 aromatic carbocycles. The van der Waals surface area contributed by atoms with Crippen molar-refractivity contribution in [2.45, 2.75) is 119 Å². The zero-order valence-corrected chi connectivity index (χ0v) is 35.6. The number of aromatic nitrogens is 2. The number of rotatable bonds is 5. The zero-order chi connectivity index (χ0) is 39.8. The van der Waals surface area contributed by atoms with Crippen LogP contribution < -0.4 is 14.5 Å². The molecule has 6 aromatic rings. The molecule has 0 radical (unpaired) electrons. The van der Waals surface area contributed by atoms with Crippen molar-refractivity contribution in [3.8, 4) is 17.3 Å². The Hall–Kier alpha value is -5.03. The molecule has 0 saturated carbocycles. The van der Waals surface area contributed by atoms with Crippen LogP contribution in [0.5, 0.6) is 11.5 Å². The van der Waals surface area contributed by atoms with Gasteiger partial charge in [0.2, 0.25) is 0 Å². The standard InChI is InChI=1S/C50H60N4O/c1-32-33(2)53(39-25-36(49(9,10)11)24-37(26-39)50(12,13)14)31-52(32)38-16-15-17-40(29-38)55-41-19-20-42-43-27-34(47(3,4)5)18-21-44(43)54(45(42)30-41)46-28-35(22-23-51-46)48(6,7)8/h15-30H,31H2,1-14H3. The Kier molecular flexibility index (Phi) is 9.27. The van der Waals surface area contributed by atoms with Crippen LogP contribution in [-0.2, 0) is 21.7 Å². The fourth-order valence-electron chi connectivity index (χ4n) is 7.56. The number of ether oxygens (including phenoxy) is 1. The summed E-state index contributed by atoms with van der Waals surface area (Å²) >= 11 is 0. The summed E-state index contributed by atoms with van der Waals surface area (Å²) in [6.07, 6.45) is 1.94. The molecule has 0 bridgehead atoms. The summed E-state index contributed by atoms with van der Waals surface area (Å²) in [5.41, 5.74) is 12.5. The monoisotopic (exact) mass is 732 g/mol. The molecule has 2 aromatic heterocycles. The van der Waals surface area contributed by atoms with Crippen LogP contribution in [0.1, 0.15) is 119 Å². The SMILES string of the molecule is CC1=C(C)N(c2cc(C(C)(C)C)cc(C(C)(C)C)c2)CN1c1cccc(Oc2ccc3c4cc(C(C)(C)C)ccc4n(-c4cc(C(C)(C)C)ccn4)c3c2)c1. The largest absolute Gasteiger partial charge is 0.457 e. The van der Waals surface area contributed by atoms with Gasteiger partial charge < -0.3 is 14.5 Å². The Balaban J connectivity index is 1.25. The van der Waals surface area contributed by atoms with Gasteiger partial charge in [-0.2, -0.15) is 0 Å². The van der Waals surface area contributed by atoms with E-state index in [2.05, 4.69) is 202 Å². The van der Waals surface area contributed by atoms with Crippen LogP contribution in [-0.4, -0.2) is 16.2 Å². The average Bonchev–Trinajstić information content (AvgIpc) is 3.59. The number of anilines is 2. The summed E-state index contributed by atoms with van der Waals surface area (Å²) in [6.45, 7) is 32.6. The predicted octanol–water partition coefficient (Wildman–Crippen LogP) is 13.7. The number of hydrogen-bond donors (Lipinski definition) is 0. The molecular weight excluding hydrogens is 673 g/mol. The highest BCUT2D eigenvalue weighted by molar-refractivity contribution is 6.09. The van der Waals surface area contributed by atoms with Gasteiger partial charge in [-0.05, 0) is 118 Å². The molecule has 55 heavy (non-hydrogen) atoms. The Labute approximate surface area is 329 Å². The Morgan fingerprint density at radius 2 is 1.07 bits per heavy atom. The van der Waals surface area contributed by atoms with Crippen molar-refractivity contribution >= 4 is 33.2 Å². The van der Waals surface area contributed by atoms with Gasteiger partial charge in [0.25, 0.3) is 0 Å². The van der Waals surface area contributed by atoms with Gasteiger partial charge in [0.15, 0.2) is 0 Å². The second-order valence-electron chi connectivity index (χ2n) is 19.7. The molecule has 5 nitrogen and oxygen atoms in total. The van der Waals surface area contributed by atoms with E-state index >= 15 is 0 Å². The van der Waals surface area contributed by atoms with Crippen molar-refractivity contribution in [3.63, 3.8) is 0 Å². The van der Waals surface area contributed by atoms with E-state index in [0.29, 0.717) is 0 Å². The lowest BCUT2D eigenvalue weighted by atomic mass is 9.80. The average molecular weight is 733 g/mol. The van der Waals surface area contributed by atoms with Crippen molar-refractivity contribution < 1.29 is 4.74 Å². The van der Waals surface area contributed by atoms with Crippen LogP contribution in [0.15, 0.2) is 109 Å². The fourth-order valence-corrected chi connectivity index (χ4v) is 7.56. The van der Waals surface area contributed by atoms with E-state index in [1.807, 2.05) is 6.20 Å². The molecule has 0 unspecified atom stereocenters. The number of hydrogen-bond acceptors (Lipinski definition) is 4. The van der Waals surface area contributed by atoms with E-state index in [0.717, 1.165) is 40.7 Å². The summed E-state index contributed by atoms with van der Waals surface area (Å²) in [4.78, 5) is 9.76. The number of pyridine rings is 1. The summed E-state index contributed by atoms with van der Waals surface area (Å²) < 4.78 is 9.02. The second-order valence-corrected chi connectivity index (χ2v) is 19.7. The van der Waals surface area contributed by atoms with Crippen LogP contribution in [0.25, 0.3) is 27.6 Å². The molecule has 0 spiro atoms. The molecule has 5 heteroatoms. The highest BCUT2D eigenvalue weighted by Gasteiger charge is 2.29. The lowest BCUT2D eigenvalue weighted by Gasteiger charge is -2.30. The first-order valence-corrected chi connectivity index (χ1v) is 19.8. The van der Waals surface area contributed by atoms with Crippen LogP contribution >= 0.6 is 0 Å². The van der Waals surface area contributed by atoms with Crippen LogP contribution in [0.2, 0.25) is 0 Å². The maximum Gasteiger partial charge on any atom is 0.137 e. The fraction of sp³-hybridized carbons (Fsp3) is 0.380. The first kappa shape index (κ1) is 38.3. The predicted molar refractivity (Wildman–Crippen MR) is 235 cm³/mol. The molecule has 0 N–H and O–H groups in total. The zero-order valence-electron chi connectivity index (χ0n) is 35.6. The lowest BCUT2D eigenvalue weighted by Crippen LogP contribution is -2.28. The molecule has 1 aliphatic rings. The highest BCUT2D eigenvalue weighted by Crippen LogP contribution is 2.41. The molecule has 7 rings (SSSR count). The van der Waals surface area contributed by atoms with Crippen molar-refractivity contribution in [1.29, 1.82) is 0 Å². The van der Waals surface area contributed by atoms with E-state index in [4.69, 9.17) is 9.72 Å². The van der Waals surface area contributed by atoms with Crippen molar-refractivity contribution in [2.24, 2.45) is 0 Å². The third kappa shape index (κ3) is 7.38. The minimum atomic E-state index is -0.000568. The molecule has 1 aliphatic heterocycles. The second kappa shape index (κ2) is 13.3. The summed E-state index contributed by atoms with van der Waals surface area (Å²) in [6, 6.07) is 33.3. The van der Waals surface area contributed by atoms with Gasteiger partial charge in [0.1, 0.15) is 17.3 Å². The first-order valence-electron chi connectivity index (χ1n) is 19.8. The van der Waals surface area contributed by atoms with E-state index in [9.17, 15) is 0 Å². The number of nitrogens with zero attached hydrogens (tertiary/aromatic N) is 4. The minimum Gasteiger partial charge on any atom is -0.457 e. The first-order chi connectivity index (χ1) is 25.6. The van der Waals surface area contributed by atoms with Gasteiger partial charge in [-0.15, -0.1) is 0 Å². The third-order valence-corrected chi connectivity index (χ3v) is 11.4. The lowest BCUT2D eigenvalue weighted by molar-refractivity contribution is 0.483. The van der Waals surface area contributed by atoms with E-state index in [1.165, 1.54) is 50.1 Å². The highest BCUT2D eigenvalue weighted by atomic mass is 16.5. The van der Waals surface area contributed by atoms with Crippen LogP contribution in [0.4, 0.5) is 11.4 Å². The molecule has 0 aliphatic carbocycles. The smallest absolute Gasteiger partial charge is 0.137 e. The molecular formula is C50H60N4O. The van der Waals surface area contributed by atoms with Gasteiger partial charge in [-0.1, -0.05) is 101 Å². The molecule has 0 saturated heterocycles. The van der Waals surface area contributed by atoms with E-state index in [1.54, 1.807) is 0 Å². The quantitative estimate of drug-likeness (QED) is 0.177. The van der Waals surface area contributed by atoms with Crippen molar-refractivity contribution in [2.75, 3.05) is 16.5 Å². The van der Waals surface area contributed by atoms with Crippen molar-refractivity contribution in [3.05, 3.63) is 131 Å². The Bertz CT molecular complexity index is 2420. The molecule has 0 amide bonds. The maximum absolute atomic E-state index is 6.72. The van der Waals surface area contributed by atoms with Crippen LogP contribution in [0, 0.1) is 0 Å². The van der Waals surface area contributed by atoms with Gasteiger partial charge in [0, 0.05) is 51.9 Å². The molecule has 0 atom stereocenters. The Morgan fingerprint density at radius 3 is 1.69 bits per heavy atom. The summed E-state index contributed by atoms with van der Waals surface area (Å²) in [5, 5.41) is 2.40.